The van der Waals surface area contributed by atoms with Crippen LogP contribution >= 0.6 is 0 Å². The highest BCUT2D eigenvalue weighted by Crippen LogP contribution is 2.59. The molecular formula is C18H21NO9. The molecule has 2 heterocycles. The fraction of sp³-hybridized carbons (Fsp3) is 0.611. The highest BCUT2D eigenvalue weighted by atomic mass is 16.7. The minimum absolute atomic E-state index is 0.0665. The smallest absolute Gasteiger partial charge is 0.314 e. The van der Waals surface area contributed by atoms with Gasteiger partial charge in [0.25, 0.3) is 0 Å². The molecule has 0 amide bonds. The van der Waals surface area contributed by atoms with E-state index in [9.17, 15) is 24.4 Å². The largest absolute Gasteiger partial charge is 0.469 e. The van der Waals surface area contributed by atoms with Crippen molar-refractivity contribution in [2.75, 3.05) is 21.3 Å². The number of rotatable bonds is 5. The van der Waals surface area contributed by atoms with Crippen LogP contribution < -0.4 is 0 Å². The van der Waals surface area contributed by atoms with Crippen molar-refractivity contribution in [3.63, 3.8) is 0 Å². The van der Waals surface area contributed by atoms with Gasteiger partial charge in [0.1, 0.15) is 11.3 Å². The summed E-state index contributed by atoms with van der Waals surface area (Å²) in [5.74, 6) is -7.69. The van der Waals surface area contributed by atoms with E-state index >= 15 is 0 Å². The molecule has 2 rings (SSSR count). The lowest BCUT2D eigenvalue weighted by molar-refractivity contribution is -0.234. The second kappa shape index (κ2) is 7.59. The van der Waals surface area contributed by atoms with E-state index in [2.05, 4.69) is 11.3 Å². The van der Waals surface area contributed by atoms with Crippen LogP contribution in [0, 0.1) is 28.6 Å². The van der Waals surface area contributed by atoms with E-state index in [1.165, 1.54) is 0 Å². The first-order valence-corrected chi connectivity index (χ1v) is 8.31. The summed E-state index contributed by atoms with van der Waals surface area (Å²) in [6.07, 6.45) is -2.07. The van der Waals surface area contributed by atoms with Crippen LogP contribution in [0.4, 0.5) is 0 Å². The van der Waals surface area contributed by atoms with E-state index in [1.807, 2.05) is 6.07 Å². The zero-order valence-corrected chi connectivity index (χ0v) is 16.0. The topological polar surface area (TPSA) is 138 Å². The lowest BCUT2D eigenvalue weighted by Gasteiger charge is -2.41. The average Bonchev–Trinajstić information content (AvgIpc) is 2.94. The fourth-order valence-corrected chi connectivity index (χ4v) is 3.92. The van der Waals surface area contributed by atoms with Gasteiger partial charge in [-0.1, -0.05) is 6.58 Å². The number of hydrogen-bond donors (Lipinski definition) is 0. The van der Waals surface area contributed by atoms with Gasteiger partial charge in [-0.25, -0.2) is 0 Å². The first-order valence-electron chi connectivity index (χ1n) is 8.31. The van der Waals surface area contributed by atoms with Gasteiger partial charge < -0.3 is 23.7 Å². The fourth-order valence-electron chi connectivity index (χ4n) is 3.92. The van der Waals surface area contributed by atoms with Crippen molar-refractivity contribution in [3.05, 3.63) is 12.2 Å². The molecular weight excluding hydrogens is 374 g/mol. The predicted octanol–water partition coefficient (Wildman–Crippen LogP) is 0.256. The summed E-state index contributed by atoms with van der Waals surface area (Å²) < 4.78 is 25.4. The quantitative estimate of drug-likeness (QED) is 0.362. The molecule has 0 aliphatic carbocycles. The molecule has 2 bridgehead atoms. The molecule has 10 nitrogen and oxygen atoms in total. The Hall–Kier alpha value is -2.93. The third kappa shape index (κ3) is 3.22. The van der Waals surface area contributed by atoms with Gasteiger partial charge in [-0.3, -0.25) is 19.2 Å². The number of carbonyl (C=O) groups excluding carboxylic acids is 4. The molecule has 2 aliphatic rings. The van der Waals surface area contributed by atoms with Crippen LogP contribution in [0.5, 0.6) is 0 Å². The Bertz CT molecular complexity index is 770. The number of carbonyl (C=O) groups is 4. The number of nitrogens with zero attached hydrogens (tertiary/aromatic N) is 1. The highest BCUT2D eigenvalue weighted by molar-refractivity contribution is 5.86. The minimum atomic E-state index is -1.87. The SMILES string of the molecule is C=C1[C@H](C(=O)OC)[C@@H](C(=O)OC)[C@H]2O[C@]1(OC(C)=O)C[C@]2(C#N)CC(=O)OC. The Balaban J connectivity index is 2.70. The Morgan fingerprint density at radius 2 is 1.79 bits per heavy atom. The number of methoxy groups -OCH3 is 3. The molecule has 0 unspecified atom stereocenters. The molecule has 0 N–H and O–H groups in total. The second-order valence-electron chi connectivity index (χ2n) is 6.66. The summed E-state index contributed by atoms with van der Waals surface area (Å²) >= 11 is 0. The summed E-state index contributed by atoms with van der Waals surface area (Å²) in [6.45, 7) is 4.92. The number of fused-ring (bicyclic) bond motifs is 2. The third-order valence-electron chi connectivity index (χ3n) is 5.11. The van der Waals surface area contributed by atoms with Crippen LogP contribution in [0.15, 0.2) is 12.2 Å². The molecule has 10 heteroatoms. The van der Waals surface area contributed by atoms with Gasteiger partial charge in [0.2, 0.25) is 5.79 Å². The Kier molecular flexibility index (Phi) is 5.80. The average molecular weight is 395 g/mol. The van der Waals surface area contributed by atoms with Crippen molar-refractivity contribution in [2.24, 2.45) is 17.3 Å². The predicted molar refractivity (Wildman–Crippen MR) is 88.8 cm³/mol. The molecule has 2 aliphatic heterocycles. The van der Waals surface area contributed by atoms with Crippen LogP contribution in [0.2, 0.25) is 0 Å². The van der Waals surface area contributed by atoms with Crippen molar-refractivity contribution in [2.45, 2.75) is 31.7 Å². The molecule has 2 saturated heterocycles. The molecule has 0 aromatic heterocycles. The van der Waals surface area contributed by atoms with Crippen LogP contribution in [0.25, 0.3) is 0 Å². The number of nitriles is 1. The van der Waals surface area contributed by atoms with E-state index in [-0.39, 0.29) is 12.0 Å². The maximum Gasteiger partial charge on any atom is 0.314 e. The first-order chi connectivity index (χ1) is 13.1. The van der Waals surface area contributed by atoms with Gasteiger partial charge in [0, 0.05) is 18.9 Å². The summed E-state index contributed by atoms with van der Waals surface area (Å²) in [7, 11) is 3.37. The third-order valence-corrected chi connectivity index (χ3v) is 5.11. The number of ether oxygens (including phenoxy) is 5. The number of hydrogen-bond acceptors (Lipinski definition) is 10. The van der Waals surface area contributed by atoms with Crippen molar-refractivity contribution in [3.8, 4) is 6.07 Å². The lowest BCUT2D eigenvalue weighted by atomic mass is 9.72. The maximum absolute atomic E-state index is 12.5. The molecule has 0 aromatic rings. The van der Waals surface area contributed by atoms with Crippen LogP contribution in [-0.4, -0.2) is 57.1 Å². The first kappa shape index (κ1) is 21.4. The van der Waals surface area contributed by atoms with E-state index in [0.717, 1.165) is 28.3 Å². The Morgan fingerprint density at radius 1 is 1.18 bits per heavy atom. The van der Waals surface area contributed by atoms with Gasteiger partial charge in [0.15, 0.2) is 0 Å². The Labute approximate surface area is 161 Å². The summed E-state index contributed by atoms with van der Waals surface area (Å²) in [4.78, 5) is 48.7. The zero-order valence-electron chi connectivity index (χ0n) is 16.0. The van der Waals surface area contributed by atoms with Gasteiger partial charge in [-0.2, -0.15) is 5.26 Å². The van der Waals surface area contributed by atoms with E-state index in [1.54, 1.807) is 0 Å². The molecule has 0 radical (unpaired) electrons. The van der Waals surface area contributed by atoms with E-state index in [0.29, 0.717) is 0 Å². The monoisotopic (exact) mass is 395 g/mol. The highest BCUT2D eigenvalue weighted by Gasteiger charge is 2.71. The van der Waals surface area contributed by atoms with Gasteiger partial charge in [-0.15, -0.1) is 0 Å². The summed E-state index contributed by atoms with van der Waals surface area (Å²) in [5.41, 5.74) is -1.70. The normalized spacial score (nSPS) is 33.4. The molecule has 0 saturated carbocycles. The van der Waals surface area contributed by atoms with Crippen LogP contribution in [-0.2, 0) is 42.9 Å². The second-order valence-corrected chi connectivity index (χ2v) is 6.66. The maximum atomic E-state index is 12.5. The van der Waals surface area contributed by atoms with Crippen molar-refractivity contribution < 1.29 is 42.9 Å². The van der Waals surface area contributed by atoms with Gasteiger partial charge in [0.05, 0.1) is 45.8 Å². The molecule has 0 spiro atoms. The minimum Gasteiger partial charge on any atom is -0.469 e. The van der Waals surface area contributed by atoms with Gasteiger partial charge in [-0.05, 0) is 0 Å². The van der Waals surface area contributed by atoms with E-state index in [4.69, 9.17) is 18.9 Å². The zero-order chi connectivity index (χ0) is 21.3. The molecule has 152 valence electrons. The summed E-state index contributed by atoms with van der Waals surface area (Å²) in [5, 5.41) is 9.92. The summed E-state index contributed by atoms with van der Waals surface area (Å²) in [6, 6.07) is 2.00. The molecule has 5 atom stereocenters. The molecule has 28 heavy (non-hydrogen) atoms. The van der Waals surface area contributed by atoms with Gasteiger partial charge >= 0.3 is 23.9 Å². The lowest BCUT2D eigenvalue weighted by Crippen LogP contribution is -2.53. The standard InChI is InChI=1S/C18H21NO9/c1-9-12(15(22)25-4)13(16(23)26-5)14-17(8-19,6-11(21)24-3)7-18(9,28-14)27-10(2)20/h12-14H,1,6-7H2,2-5H3/t12-,13+,14+,17-,18+/m0/s1. The van der Waals surface area contributed by atoms with Crippen molar-refractivity contribution >= 4 is 23.9 Å². The number of esters is 4. The van der Waals surface area contributed by atoms with Crippen molar-refractivity contribution in [1.82, 2.24) is 0 Å². The van der Waals surface area contributed by atoms with Crippen LogP contribution in [0.1, 0.15) is 19.8 Å². The Morgan fingerprint density at radius 3 is 2.25 bits per heavy atom. The molecule has 0 aromatic carbocycles. The molecule has 2 fully saturated rings. The van der Waals surface area contributed by atoms with E-state index < -0.39 is 59.4 Å². The van der Waals surface area contributed by atoms with Crippen LogP contribution in [0.3, 0.4) is 0 Å². The van der Waals surface area contributed by atoms with Crippen molar-refractivity contribution in [1.29, 1.82) is 5.26 Å².